The minimum atomic E-state index is -0.608. The minimum absolute atomic E-state index is 0.284. The van der Waals surface area contributed by atoms with E-state index in [0.29, 0.717) is 18.2 Å². The third-order valence-electron chi connectivity index (χ3n) is 2.81. The fourth-order valence-electron chi connectivity index (χ4n) is 1.69. The van der Waals surface area contributed by atoms with Crippen molar-refractivity contribution < 1.29 is 23.9 Å². The van der Waals surface area contributed by atoms with Gasteiger partial charge in [-0.15, -0.1) is 0 Å². The Morgan fingerprint density at radius 2 is 1.68 bits per heavy atom. The van der Waals surface area contributed by atoms with Crippen LogP contribution in [0.5, 0.6) is 0 Å². The second-order valence-corrected chi connectivity index (χ2v) is 6.98. The Morgan fingerprint density at radius 1 is 1.08 bits per heavy atom. The van der Waals surface area contributed by atoms with Crippen LogP contribution in [0.2, 0.25) is 0 Å². The first-order valence-corrected chi connectivity index (χ1v) is 8.10. The highest BCUT2D eigenvalue weighted by atomic mass is 16.6. The summed E-state index contributed by atoms with van der Waals surface area (Å²) in [6.07, 6.45) is -0.579. The molecule has 0 saturated carbocycles. The van der Waals surface area contributed by atoms with Gasteiger partial charge < -0.3 is 14.8 Å². The van der Waals surface area contributed by atoms with Crippen LogP contribution in [-0.2, 0) is 14.3 Å². The number of amides is 2. The Hall–Kier alpha value is -2.57. The lowest BCUT2D eigenvalue weighted by atomic mass is 10.2. The standard InChI is InChI=1S/C18H26N2O5/c1-12(2)10-19-15(21)11-24-16(22)13-6-8-14(9-7-13)20-17(23)25-18(3,4)5/h6-9,12H,10-11H2,1-5H3,(H,19,21)(H,20,23). The Bertz CT molecular complexity index is 603. The Morgan fingerprint density at radius 3 is 2.20 bits per heavy atom. The molecule has 25 heavy (non-hydrogen) atoms. The van der Waals surface area contributed by atoms with Gasteiger partial charge in [0.1, 0.15) is 5.60 Å². The molecule has 0 aliphatic heterocycles. The summed E-state index contributed by atoms with van der Waals surface area (Å²) in [5.74, 6) is -0.626. The Labute approximate surface area is 148 Å². The fraction of sp³-hybridized carbons (Fsp3) is 0.500. The van der Waals surface area contributed by atoms with E-state index in [9.17, 15) is 14.4 Å². The predicted octanol–water partition coefficient (Wildman–Crippen LogP) is 2.96. The van der Waals surface area contributed by atoms with Crippen LogP contribution in [0.4, 0.5) is 10.5 Å². The van der Waals surface area contributed by atoms with Gasteiger partial charge in [-0.05, 0) is 51.0 Å². The quantitative estimate of drug-likeness (QED) is 0.769. The lowest BCUT2D eigenvalue weighted by molar-refractivity contribution is -0.124. The maximum atomic E-state index is 11.9. The third-order valence-corrected chi connectivity index (χ3v) is 2.81. The largest absolute Gasteiger partial charge is 0.452 e. The van der Waals surface area contributed by atoms with Crippen molar-refractivity contribution in [3.8, 4) is 0 Å². The molecule has 138 valence electrons. The summed E-state index contributed by atoms with van der Waals surface area (Å²) >= 11 is 0. The summed E-state index contributed by atoms with van der Waals surface area (Å²) < 4.78 is 10.1. The van der Waals surface area contributed by atoms with Crippen molar-refractivity contribution in [3.63, 3.8) is 0 Å². The second kappa shape index (κ2) is 9.05. The highest BCUT2D eigenvalue weighted by Gasteiger charge is 2.16. The van der Waals surface area contributed by atoms with Gasteiger partial charge in [-0.3, -0.25) is 10.1 Å². The maximum Gasteiger partial charge on any atom is 0.412 e. The number of anilines is 1. The number of hydrogen-bond donors (Lipinski definition) is 2. The number of nitrogens with one attached hydrogen (secondary N) is 2. The number of hydrogen-bond acceptors (Lipinski definition) is 5. The molecule has 7 nitrogen and oxygen atoms in total. The molecule has 0 aromatic heterocycles. The van der Waals surface area contributed by atoms with Crippen molar-refractivity contribution >= 4 is 23.7 Å². The molecule has 0 unspecified atom stereocenters. The van der Waals surface area contributed by atoms with Gasteiger partial charge in [-0.1, -0.05) is 13.8 Å². The Kier molecular flexibility index (Phi) is 7.42. The summed E-state index contributed by atoms with van der Waals surface area (Å²) in [4.78, 5) is 35.1. The number of esters is 1. The summed E-state index contributed by atoms with van der Waals surface area (Å²) in [6.45, 7) is 9.44. The topological polar surface area (TPSA) is 93.7 Å². The van der Waals surface area contributed by atoms with Gasteiger partial charge in [-0.25, -0.2) is 9.59 Å². The summed E-state index contributed by atoms with van der Waals surface area (Å²) in [7, 11) is 0. The number of carbonyl (C=O) groups is 3. The van der Waals surface area contributed by atoms with Crippen molar-refractivity contribution in [3.05, 3.63) is 29.8 Å². The van der Waals surface area contributed by atoms with E-state index in [1.165, 1.54) is 12.1 Å². The summed E-state index contributed by atoms with van der Waals surface area (Å²) in [5.41, 5.74) is 0.177. The first-order valence-electron chi connectivity index (χ1n) is 8.10. The van der Waals surface area contributed by atoms with Crippen LogP contribution in [0.15, 0.2) is 24.3 Å². The molecule has 0 bridgehead atoms. The van der Waals surface area contributed by atoms with Crippen LogP contribution in [-0.4, -0.2) is 36.7 Å². The zero-order chi connectivity index (χ0) is 19.0. The molecule has 0 radical (unpaired) electrons. The van der Waals surface area contributed by atoms with Crippen molar-refractivity contribution in [1.29, 1.82) is 0 Å². The number of rotatable bonds is 6. The van der Waals surface area contributed by atoms with Crippen molar-refractivity contribution in [1.82, 2.24) is 5.32 Å². The monoisotopic (exact) mass is 350 g/mol. The zero-order valence-electron chi connectivity index (χ0n) is 15.3. The van der Waals surface area contributed by atoms with Gasteiger partial charge in [0.25, 0.3) is 5.91 Å². The van der Waals surface area contributed by atoms with E-state index in [2.05, 4.69) is 10.6 Å². The summed E-state index contributed by atoms with van der Waals surface area (Å²) in [5, 5.41) is 5.23. The lowest BCUT2D eigenvalue weighted by Gasteiger charge is -2.19. The molecule has 0 aliphatic rings. The highest BCUT2D eigenvalue weighted by Crippen LogP contribution is 2.13. The molecule has 0 spiro atoms. The fourth-order valence-corrected chi connectivity index (χ4v) is 1.69. The molecule has 0 aliphatic carbocycles. The van der Waals surface area contributed by atoms with Gasteiger partial charge in [0.15, 0.2) is 6.61 Å². The van der Waals surface area contributed by atoms with Gasteiger partial charge >= 0.3 is 12.1 Å². The SMILES string of the molecule is CC(C)CNC(=O)COC(=O)c1ccc(NC(=O)OC(C)(C)C)cc1. The van der Waals surface area contributed by atoms with E-state index in [1.54, 1.807) is 32.9 Å². The molecule has 0 heterocycles. The van der Waals surface area contributed by atoms with Crippen LogP contribution >= 0.6 is 0 Å². The average Bonchev–Trinajstić information content (AvgIpc) is 2.49. The van der Waals surface area contributed by atoms with Crippen LogP contribution in [0.1, 0.15) is 45.0 Å². The molecule has 1 aromatic carbocycles. The first-order chi connectivity index (χ1) is 11.6. The molecule has 0 atom stereocenters. The third kappa shape index (κ3) is 8.74. The number of benzene rings is 1. The Balaban J connectivity index is 2.48. The average molecular weight is 350 g/mol. The van der Waals surface area contributed by atoms with E-state index in [0.717, 1.165) is 0 Å². The van der Waals surface area contributed by atoms with Gasteiger partial charge in [0.05, 0.1) is 5.56 Å². The van der Waals surface area contributed by atoms with Gasteiger partial charge in [-0.2, -0.15) is 0 Å². The molecular formula is C18H26N2O5. The van der Waals surface area contributed by atoms with Crippen molar-refractivity contribution in [2.24, 2.45) is 5.92 Å². The minimum Gasteiger partial charge on any atom is -0.452 e. The zero-order valence-corrected chi connectivity index (χ0v) is 15.3. The van der Waals surface area contributed by atoms with Gasteiger partial charge in [0, 0.05) is 12.2 Å². The van der Waals surface area contributed by atoms with Crippen LogP contribution in [0.3, 0.4) is 0 Å². The van der Waals surface area contributed by atoms with Crippen molar-refractivity contribution in [2.75, 3.05) is 18.5 Å². The van der Waals surface area contributed by atoms with Crippen LogP contribution in [0.25, 0.3) is 0 Å². The number of carbonyl (C=O) groups excluding carboxylic acids is 3. The molecule has 7 heteroatoms. The first kappa shape index (κ1) is 20.5. The second-order valence-electron chi connectivity index (χ2n) is 6.98. The molecular weight excluding hydrogens is 324 g/mol. The van der Waals surface area contributed by atoms with E-state index in [4.69, 9.17) is 9.47 Å². The highest BCUT2D eigenvalue weighted by molar-refractivity contribution is 5.92. The van der Waals surface area contributed by atoms with E-state index in [1.807, 2.05) is 13.8 Å². The normalized spacial score (nSPS) is 11.0. The molecule has 1 rings (SSSR count). The van der Waals surface area contributed by atoms with Crippen LogP contribution < -0.4 is 10.6 Å². The van der Waals surface area contributed by atoms with E-state index >= 15 is 0 Å². The predicted molar refractivity (Wildman–Crippen MR) is 94.4 cm³/mol. The van der Waals surface area contributed by atoms with Crippen LogP contribution in [0, 0.1) is 5.92 Å². The van der Waals surface area contributed by atoms with Gasteiger partial charge in [0.2, 0.25) is 0 Å². The van der Waals surface area contributed by atoms with E-state index in [-0.39, 0.29) is 18.1 Å². The molecule has 2 N–H and O–H groups in total. The smallest absolute Gasteiger partial charge is 0.412 e. The molecule has 0 fully saturated rings. The number of ether oxygens (including phenoxy) is 2. The van der Waals surface area contributed by atoms with Crippen molar-refractivity contribution in [2.45, 2.75) is 40.2 Å². The lowest BCUT2D eigenvalue weighted by Crippen LogP contribution is -2.31. The maximum absolute atomic E-state index is 11.9. The molecule has 1 aromatic rings. The molecule has 0 saturated heterocycles. The van der Waals surface area contributed by atoms with E-state index < -0.39 is 17.7 Å². The molecule has 2 amide bonds. The summed E-state index contributed by atoms with van der Waals surface area (Å²) in [6, 6.07) is 6.11.